The Kier molecular flexibility index (Phi) is 7.82. The zero-order valence-electron chi connectivity index (χ0n) is 18.9. The molecular formula is C21H33NO8. The summed E-state index contributed by atoms with van der Waals surface area (Å²) in [6, 6.07) is -1.62. The molecule has 0 radical (unpaired) electrons. The highest BCUT2D eigenvalue weighted by molar-refractivity contribution is 6.29. The van der Waals surface area contributed by atoms with E-state index in [-0.39, 0.29) is 6.42 Å². The fourth-order valence-electron chi connectivity index (χ4n) is 2.79. The lowest BCUT2D eigenvalue weighted by atomic mass is 9.96. The molecular weight excluding hydrogens is 394 g/mol. The van der Waals surface area contributed by atoms with Crippen molar-refractivity contribution >= 4 is 23.9 Å². The number of hydrogen-bond donors (Lipinski definition) is 2. The van der Waals surface area contributed by atoms with Crippen LogP contribution in [0.25, 0.3) is 0 Å². The van der Waals surface area contributed by atoms with Crippen LogP contribution in [0.1, 0.15) is 61.8 Å². The summed E-state index contributed by atoms with van der Waals surface area (Å²) in [6.45, 7) is 12.8. The van der Waals surface area contributed by atoms with Crippen molar-refractivity contribution in [3.8, 4) is 0 Å². The molecule has 0 aromatic carbocycles. The molecule has 1 aliphatic carbocycles. The van der Waals surface area contributed by atoms with Crippen LogP contribution in [0.15, 0.2) is 12.2 Å². The van der Waals surface area contributed by atoms with Crippen LogP contribution < -0.4 is 5.32 Å². The Bertz CT molecular complexity index is 711. The maximum absolute atomic E-state index is 12.9. The molecule has 1 aliphatic rings. The molecule has 9 nitrogen and oxygen atoms in total. The zero-order chi connectivity index (χ0) is 23.5. The molecule has 0 fully saturated rings. The fourth-order valence-corrected chi connectivity index (χ4v) is 2.79. The first-order chi connectivity index (χ1) is 13.4. The highest BCUT2D eigenvalue weighted by atomic mass is 16.6. The second kappa shape index (κ2) is 9.16. The maximum Gasteiger partial charge on any atom is 0.418 e. The number of carbonyl (C=O) groups excluding carboxylic acids is 3. The molecule has 0 amide bonds. The highest BCUT2D eigenvalue weighted by Crippen LogP contribution is 2.24. The van der Waals surface area contributed by atoms with Gasteiger partial charge in [-0.3, -0.25) is 14.9 Å². The Morgan fingerprint density at radius 3 is 1.80 bits per heavy atom. The first-order valence-corrected chi connectivity index (χ1v) is 9.77. The molecule has 0 aromatic heterocycles. The number of carboxylic acids is 1. The van der Waals surface area contributed by atoms with E-state index >= 15 is 0 Å². The van der Waals surface area contributed by atoms with E-state index in [1.807, 2.05) is 0 Å². The van der Waals surface area contributed by atoms with Gasteiger partial charge in [0, 0.05) is 6.04 Å². The van der Waals surface area contributed by atoms with E-state index in [0.29, 0.717) is 0 Å². The van der Waals surface area contributed by atoms with Gasteiger partial charge in [-0.2, -0.15) is 0 Å². The molecule has 0 aromatic rings. The van der Waals surface area contributed by atoms with Gasteiger partial charge in [-0.25, -0.2) is 9.59 Å². The zero-order valence-corrected chi connectivity index (χ0v) is 18.9. The van der Waals surface area contributed by atoms with Crippen LogP contribution in [0.3, 0.4) is 0 Å². The topological polar surface area (TPSA) is 128 Å². The van der Waals surface area contributed by atoms with Crippen LogP contribution in [0.4, 0.5) is 0 Å². The van der Waals surface area contributed by atoms with E-state index in [2.05, 4.69) is 5.32 Å². The molecule has 0 heterocycles. The summed E-state index contributed by atoms with van der Waals surface area (Å²) in [6.07, 6.45) is 3.40. The molecule has 0 saturated heterocycles. The summed E-state index contributed by atoms with van der Waals surface area (Å²) in [5.41, 5.74) is -3.19. The van der Waals surface area contributed by atoms with E-state index in [1.165, 1.54) is 19.9 Å². The van der Waals surface area contributed by atoms with E-state index in [0.717, 1.165) is 0 Å². The first kappa shape index (κ1) is 25.6. The lowest BCUT2D eigenvalue weighted by Crippen LogP contribution is -2.58. The number of nitrogens with one attached hydrogen (secondary N) is 1. The third kappa shape index (κ3) is 8.14. The second-order valence-electron chi connectivity index (χ2n) is 9.80. The summed E-state index contributed by atoms with van der Waals surface area (Å²) >= 11 is 0. The highest BCUT2D eigenvalue weighted by Gasteiger charge is 2.44. The molecule has 0 saturated carbocycles. The molecule has 170 valence electrons. The van der Waals surface area contributed by atoms with Crippen molar-refractivity contribution in [2.75, 3.05) is 0 Å². The molecule has 0 aliphatic heterocycles. The molecule has 1 rings (SSSR count). The van der Waals surface area contributed by atoms with Crippen molar-refractivity contribution in [1.82, 2.24) is 5.32 Å². The smallest absolute Gasteiger partial charge is 0.418 e. The van der Waals surface area contributed by atoms with Gasteiger partial charge in [0.25, 0.3) is 0 Å². The normalized spacial score (nSPS) is 20.4. The van der Waals surface area contributed by atoms with Crippen LogP contribution in [0, 0.1) is 5.92 Å². The van der Waals surface area contributed by atoms with E-state index < -0.39 is 58.7 Å². The van der Waals surface area contributed by atoms with Crippen LogP contribution in [-0.2, 0) is 33.4 Å². The average Bonchev–Trinajstić information content (AvgIpc) is 2.97. The SMILES string of the molecule is CC(C)(C)OC(=O)C(=O)OC(C)(C)C(N[C@@H]1C=C[C@H](C(=O)O)C1)C(=O)OC(C)(C)C. The Morgan fingerprint density at radius 1 is 0.867 bits per heavy atom. The van der Waals surface area contributed by atoms with Gasteiger partial charge in [0.05, 0.1) is 5.92 Å². The Balaban J connectivity index is 3.02. The van der Waals surface area contributed by atoms with Gasteiger partial charge < -0.3 is 19.3 Å². The van der Waals surface area contributed by atoms with Gasteiger partial charge in [-0.15, -0.1) is 0 Å². The number of carbonyl (C=O) groups is 4. The van der Waals surface area contributed by atoms with Crippen molar-refractivity contribution in [3.63, 3.8) is 0 Å². The quantitative estimate of drug-likeness (QED) is 0.283. The van der Waals surface area contributed by atoms with Crippen LogP contribution in [0.2, 0.25) is 0 Å². The number of carboxylic acid groups (broad SMARTS) is 1. The van der Waals surface area contributed by atoms with Crippen LogP contribution >= 0.6 is 0 Å². The van der Waals surface area contributed by atoms with Crippen molar-refractivity contribution in [3.05, 3.63) is 12.2 Å². The van der Waals surface area contributed by atoms with Gasteiger partial charge in [-0.1, -0.05) is 12.2 Å². The van der Waals surface area contributed by atoms with E-state index in [1.54, 1.807) is 47.6 Å². The Hall–Kier alpha value is -2.42. The van der Waals surface area contributed by atoms with Gasteiger partial charge in [0.1, 0.15) is 22.8 Å². The van der Waals surface area contributed by atoms with Gasteiger partial charge in [0.15, 0.2) is 0 Å². The lowest BCUT2D eigenvalue weighted by molar-refractivity contribution is -0.187. The number of rotatable bonds is 6. The average molecular weight is 427 g/mol. The van der Waals surface area contributed by atoms with Crippen LogP contribution in [0.5, 0.6) is 0 Å². The first-order valence-electron chi connectivity index (χ1n) is 9.77. The van der Waals surface area contributed by atoms with Crippen molar-refractivity contribution in [2.24, 2.45) is 5.92 Å². The van der Waals surface area contributed by atoms with Crippen molar-refractivity contribution in [1.29, 1.82) is 0 Å². The molecule has 0 bridgehead atoms. The number of ether oxygens (including phenoxy) is 3. The fraction of sp³-hybridized carbons (Fsp3) is 0.714. The predicted octanol–water partition coefficient (Wildman–Crippen LogP) is 1.98. The number of hydrogen-bond acceptors (Lipinski definition) is 8. The number of aliphatic carboxylic acids is 1. The van der Waals surface area contributed by atoms with Gasteiger partial charge >= 0.3 is 23.9 Å². The standard InChI is InChI=1S/C21H33NO8/c1-19(2,3)28-16(25)14(22-13-10-9-12(11-13)15(23)24)21(7,8)30-18(27)17(26)29-20(4,5)6/h9-10,12-14,22H,11H2,1-8H3,(H,23,24)/t12-,13+,14?/m0/s1. The maximum atomic E-state index is 12.9. The Morgan fingerprint density at radius 2 is 1.37 bits per heavy atom. The molecule has 30 heavy (non-hydrogen) atoms. The van der Waals surface area contributed by atoms with E-state index in [9.17, 15) is 19.2 Å². The summed E-state index contributed by atoms with van der Waals surface area (Å²) in [4.78, 5) is 48.3. The molecule has 0 spiro atoms. The Labute approximate surface area is 177 Å². The minimum atomic E-state index is -1.49. The van der Waals surface area contributed by atoms with Crippen molar-refractivity contribution in [2.45, 2.75) is 90.7 Å². The summed E-state index contributed by atoms with van der Waals surface area (Å²) in [7, 11) is 0. The van der Waals surface area contributed by atoms with Crippen LogP contribution in [-0.4, -0.2) is 57.9 Å². The summed E-state index contributed by atoms with van der Waals surface area (Å²) < 4.78 is 15.8. The second-order valence-corrected chi connectivity index (χ2v) is 9.80. The minimum Gasteiger partial charge on any atom is -0.481 e. The van der Waals surface area contributed by atoms with Gasteiger partial charge in [0.2, 0.25) is 0 Å². The third-order valence-electron chi connectivity index (χ3n) is 4.04. The number of esters is 3. The molecule has 1 unspecified atom stereocenters. The minimum absolute atomic E-state index is 0.227. The predicted molar refractivity (Wildman–Crippen MR) is 107 cm³/mol. The monoisotopic (exact) mass is 427 g/mol. The molecule has 3 atom stereocenters. The molecule has 2 N–H and O–H groups in total. The van der Waals surface area contributed by atoms with Gasteiger partial charge in [-0.05, 0) is 61.8 Å². The third-order valence-corrected chi connectivity index (χ3v) is 4.04. The largest absolute Gasteiger partial charge is 0.481 e. The van der Waals surface area contributed by atoms with Crippen molar-refractivity contribution < 1.29 is 38.5 Å². The molecule has 9 heteroatoms. The van der Waals surface area contributed by atoms with E-state index in [4.69, 9.17) is 19.3 Å². The summed E-state index contributed by atoms with van der Waals surface area (Å²) in [5.74, 6) is -4.77. The summed E-state index contributed by atoms with van der Waals surface area (Å²) in [5, 5.41) is 12.2. The lowest BCUT2D eigenvalue weighted by Gasteiger charge is -2.36.